The van der Waals surface area contributed by atoms with Crippen molar-refractivity contribution in [3.63, 3.8) is 0 Å². The van der Waals surface area contributed by atoms with Gasteiger partial charge in [0.15, 0.2) is 0 Å². The van der Waals surface area contributed by atoms with Gasteiger partial charge in [-0.1, -0.05) is 30.3 Å². The Hall–Kier alpha value is -3.03. The van der Waals surface area contributed by atoms with Gasteiger partial charge in [-0.05, 0) is 29.3 Å². The van der Waals surface area contributed by atoms with Gasteiger partial charge in [-0.25, -0.2) is 9.67 Å². The van der Waals surface area contributed by atoms with Gasteiger partial charge in [-0.15, -0.1) is 5.10 Å². The summed E-state index contributed by atoms with van der Waals surface area (Å²) in [5, 5.41) is 14.0. The van der Waals surface area contributed by atoms with E-state index in [4.69, 9.17) is 0 Å². The van der Waals surface area contributed by atoms with Crippen molar-refractivity contribution in [2.75, 3.05) is 0 Å². The van der Waals surface area contributed by atoms with Crippen molar-refractivity contribution in [3.05, 3.63) is 60.4 Å². The molecule has 130 valence electrons. The molecular weight excluding hydrogens is 318 g/mol. The number of benzene rings is 1. The van der Waals surface area contributed by atoms with Crippen LogP contribution >= 0.6 is 0 Å². The van der Waals surface area contributed by atoms with Crippen molar-refractivity contribution in [3.8, 4) is 0 Å². The van der Waals surface area contributed by atoms with Crippen LogP contribution in [0.25, 0.3) is 0 Å². The third-order valence-corrected chi connectivity index (χ3v) is 4.08. The van der Waals surface area contributed by atoms with E-state index in [-0.39, 0.29) is 11.9 Å². The average molecular weight is 339 g/mol. The third kappa shape index (κ3) is 4.72. The lowest BCUT2D eigenvalue weighted by Crippen LogP contribution is -2.30. The summed E-state index contributed by atoms with van der Waals surface area (Å²) >= 11 is 0. The number of hydrogen-bond donors (Lipinski definition) is 1. The molecule has 0 saturated heterocycles. The van der Waals surface area contributed by atoms with Crippen molar-refractivity contribution in [1.82, 2.24) is 35.1 Å². The van der Waals surface area contributed by atoms with E-state index >= 15 is 0 Å². The van der Waals surface area contributed by atoms with Gasteiger partial charge in [0.1, 0.15) is 12.2 Å². The Bertz CT molecular complexity index is 782. The van der Waals surface area contributed by atoms with Crippen molar-refractivity contribution in [2.45, 2.75) is 38.9 Å². The SMILES string of the molecule is Cc1nccn1CC[C@H](NC(=O)CCn1cnnn1)c1ccccc1. The van der Waals surface area contributed by atoms with E-state index in [1.807, 2.05) is 43.5 Å². The van der Waals surface area contributed by atoms with E-state index in [0.29, 0.717) is 13.0 Å². The van der Waals surface area contributed by atoms with Gasteiger partial charge in [0.25, 0.3) is 0 Å². The number of imidazole rings is 1. The second-order valence-electron chi connectivity index (χ2n) is 5.81. The maximum absolute atomic E-state index is 12.3. The lowest BCUT2D eigenvalue weighted by Gasteiger charge is -2.20. The highest BCUT2D eigenvalue weighted by Crippen LogP contribution is 2.18. The number of carbonyl (C=O) groups is 1. The first-order valence-corrected chi connectivity index (χ1v) is 8.25. The fraction of sp³-hybridized carbons (Fsp3) is 0.353. The molecule has 0 radical (unpaired) electrons. The first-order chi connectivity index (χ1) is 12.2. The van der Waals surface area contributed by atoms with Gasteiger partial charge in [-0.3, -0.25) is 4.79 Å². The summed E-state index contributed by atoms with van der Waals surface area (Å²) in [5.41, 5.74) is 1.09. The van der Waals surface area contributed by atoms with Crippen LogP contribution in [0.3, 0.4) is 0 Å². The third-order valence-electron chi connectivity index (χ3n) is 4.08. The average Bonchev–Trinajstić information content (AvgIpc) is 3.29. The molecule has 1 N–H and O–H groups in total. The maximum Gasteiger partial charge on any atom is 0.222 e. The maximum atomic E-state index is 12.3. The van der Waals surface area contributed by atoms with Crippen molar-refractivity contribution in [2.24, 2.45) is 0 Å². The van der Waals surface area contributed by atoms with Crippen LogP contribution in [0.1, 0.15) is 30.3 Å². The number of rotatable bonds is 8. The minimum absolute atomic E-state index is 0.0216. The molecule has 0 aliphatic carbocycles. The Morgan fingerprint density at radius 3 is 2.76 bits per heavy atom. The van der Waals surface area contributed by atoms with Crippen LogP contribution in [-0.4, -0.2) is 35.7 Å². The van der Waals surface area contributed by atoms with Crippen LogP contribution in [-0.2, 0) is 17.9 Å². The molecule has 0 spiro atoms. The Morgan fingerprint density at radius 2 is 2.08 bits per heavy atom. The lowest BCUT2D eigenvalue weighted by atomic mass is 10.0. The number of aryl methyl sites for hydroxylation is 3. The van der Waals surface area contributed by atoms with Crippen LogP contribution in [0.4, 0.5) is 0 Å². The molecule has 0 aliphatic heterocycles. The van der Waals surface area contributed by atoms with Gasteiger partial charge in [-0.2, -0.15) is 0 Å². The molecule has 0 bridgehead atoms. The number of amides is 1. The Labute approximate surface area is 145 Å². The van der Waals surface area contributed by atoms with Gasteiger partial charge in [0.2, 0.25) is 5.91 Å². The smallest absolute Gasteiger partial charge is 0.222 e. The molecule has 1 aromatic carbocycles. The first-order valence-electron chi connectivity index (χ1n) is 8.25. The molecule has 3 rings (SSSR count). The number of nitrogens with one attached hydrogen (secondary N) is 1. The highest BCUT2D eigenvalue weighted by atomic mass is 16.1. The molecule has 3 aromatic rings. The number of tetrazole rings is 1. The van der Waals surface area contributed by atoms with Crippen LogP contribution in [0, 0.1) is 6.92 Å². The summed E-state index contributed by atoms with van der Waals surface area (Å²) in [6.07, 6.45) is 6.37. The molecule has 25 heavy (non-hydrogen) atoms. The molecule has 0 aliphatic rings. The number of nitrogens with zero attached hydrogens (tertiary/aromatic N) is 6. The predicted octanol–water partition coefficient (Wildman–Crippen LogP) is 1.52. The van der Waals surface area contributed by atoms with E-state index in [1.165, 1.54) is 6.33 Å². The minimum atomic E-state index is -0.0515. The fourth-order valence-corrected chi connectivity index (χ4v) is 2.68. The highest BCUT2D eigenvalue weighted by molar-refractivity contribution is 5.76. The summed E-state index contributed by atoms with van der Waals surface area (Å²) < 4.78 is 3.63. The molecule has 1 amide bonds. The van der Waals surface area contributed by atoms with Crippen LogP contribution in [0.5, 0.6) is 0 Å². The Morgan fingerprint density at radius 1 is 1.24 bits per heavy atom. The topological polar surface area (TPSA) is 90.5 Å². The van der Waals surface area contributed by atoms with Crippen LogP contribution in [0.2, 0.25) is 0 Å². The van der Waals surface area contributed by atoms with Gasteiger partial charge in [0.05, 0.1) is 12.6 Å². The Kier molecular flexibility index (Phi) is 5.50. The van der Waals surface area contributed by atoms with E-state index in [0.717, 1.165) is 24.4 Å². The summed E-state index contributed by atoms with van der Waals surface area (Å²) in [4.78, 5) is 16.6. The van der Waals surface area contributed by atoms with E-state index in [9.17, 15) is 4.79 Å². The van der Waals surface area contributed by atoms with Gasteiger partial charge >= 0.3 is 0 Å². The molecule has 8 heteroatoms. The van der Waals surface area contributed by atoms with E-state index in [2.05, 4.69) is 30.4 Å². The second-order valence-corrected chi connectivity index (χ2v) is 5.81. The van der Waals surface area contributed by atoms with Crippen molar-refractivity contribution >= 4 is 5.91 Å². The quantitative estimate of drug-likeness (QED) is 0.672. The molecule has 1 atom stereocenters. The van der Waals surface area contributed by atoms with Gasteiger partial charge in [0, 0.05) is 25.4 Å². The van der Waals surface area contributed by atoms with Crippen molar-refractivity contribution in [1.29, 1.82) is 0 Å². The van der Waals surface area contributed by atoms with E-state index in [1.54, 1.807) is 10.9 Å². The summed E-state index contributed by atoms with van der Waals surface area (Å²) in [6.45, 7) is 3.22. The zero-order valence-electron chi connectivity index (χ0n) is 14.1. The van der Waals surface area contributed by atoms with Crippen LogP contribution < -0.4 is 5.32 Å². The van der Waals surface area contributed by atoms with Gasteiger partial charge < -0.3 is 9.88 Å². The summed E-state index contributed by atoms with van der Waals surface area (Å²) in [7, 11) is 0. The monoisotopic (exact) mass is 339 g/mol. The largest absolute Gasteiger partial charge is 0.349 e. The highest BCUT2D eigenvalue weighted by Gasteiger charge is 2.15. The molecule has 2 aromatic heterocycles. The molecule has 2 heterocycles. The number of carbonyl (C=O) groups excluding carboxylic acids is 1. The molecular formula is C17H21N7O. The summed E-state index contributed by atoms with van der Waals surface area (Å²) in [6, 6.07) is 9.96. The second kappa shape index (κ2) is 8.18. The first kappa shape index (κ1) is 16.8. The Balaban J connectivity index is 1.61. The molecule has 8 nitrogen and oxygen atoms in total. The van der Waals surface area contributed by atoms with Crippen molar-refractivity contribution < 1.29 is 4.79 Å². The standard InChI is InChI=1S/C17H21N7O/c1-14-18-9-12-23(14)10-7-16(15-5-3-2-4-6-15)20-17(25)8-11-24-13-19-21-22-24/h2-6,9,12-13,16H,7-8,10-11H2,1H3,(H,20,25)/t16-/m0/s1. The zero-order chi connectivity index (χ0) is 17.5. The molecule has 0 fully saturated rings. The van der Waals surface area contributed by atoms with Crippen LogP contribution in [0.15, 0.2) is 49.1 Å². The minimum Gasteiger partial charge on any atom is -0.349 e. The van der Waals surface area contributed by atoms with E-state index < -0.39 is 0 Å². The molecule has 0 saturated carbocycles. The normalized spacial score (nSPS) is 12.0. The zero-order valence-corrected chi connectivity index (χ0v) is 14.1. The number of hydrogen-bond acceptors (Lipinski definition) is 5. The fourth-order valence-electron chi connectivity index (χ4n) is 2.68. The lowest BCUT2D eigenvalue weighted by molar-refractivity contribution is -0.122. The molecule has 0 unspecified atom stereocenters. The number of aromatic nitrogens is 6. The summed E-state index contributed by atoms with van der Waals surface area (Å²) in [5.74, 6) is 0.948. The predicted molar refractivity (Wildman–Crippen MR) is 91.3 cm³/mol.